The van der Waals surface area contributed by atoms with E-state index in [4.69, 9.17) is 9.47 Å². The molecule has 0 spiro atoms. The fraction of sp³-hybridized carbons (Fsp3) is 0.208. The second-order valence-corrected chi connectivity index (χ2v) is 7.34. The predicted octanol–water partition coefficient (Wildman–Crippen LogP) is 5.06. The Morgan fingerprint density at radius 1 is 1.07 bits per heavy atom. The van der Waals surface area contributed by atoms with Crippen LogP contribution < -0.4 is 9.47 Å². The van der Waals surface area contributed by atoms with E-state index in [1.165, 1.54) is 5.56 Å². The summed E-state index contributed by atoms with van der Waals surface area (Å²) in [6.45, 7) is 2.94. The number of nitriles is 1. The normalized spacial score (nSPS) is 12.3. The number of ether oxygens (including phenoxy) is 2. The summed E-state index contributed by atoms with van der Waals surface area (Å²) in [5.41, 5.74) is 8.19. The van der Waals surface area contributed by atoms with Gasteiger partial charge in [-0.05, 0) is 60.2 Å². The highest BCUT2D eigenvalue weighted by molar-refractivity contribution is 5.91. The molecule has 0 unspecified atom stereocenters. The van der Waals surface area contributed by atoms with Gasteiger partial charge in [-0.1, -0.05) is 6.07 Å². The smallest absolute Gasteiger partial charge is 0.161 e. The van der Waals surface area contributed by atoms with Gasteiger partial charge >= 0.3 is 0 Å². The fourth-order valence-corrected chi connectivity index (χ4v) is 4.55. The molecule has 1 aliphatic rings. The first-order chi connectivity index (χ1) is 14.2. The maximum Gasteiger partial charge on any atom is 0.161 e. The number of nitrogens with one attached hydrogen (secondary N) is 1. The number of rotatable bonds is 3. The van der Waals surface area contributed by atoms with Crippen LogP contribution in [0.3, 0.4) is 0 Å². The van der Waals surface area contributed by atoms with Crippen molar-refractivity contribution in [1.82, 2.24) is 9.55 Å². The monoisotopic (exact) mass is 383 g/mol. The molecule has 1 N–H and O–H groups in total. The second-order valence-electron chi connectivity index (χ2n) is 7.34. The lowest BCUT2D eigenvalue weighted by molar-refractivity contribution is 0.354. The molecule has 1 aliphatic heterocycles. The largest absolute Gasteiger partial charge is 0.493 e. The van der Waals surface area contributed by atoms with E-state index in [1.807, 2.05) is 18.3 Å². The molecule has 0 bridgehead atoms. The molecule has 0 amide bonds. The Bertz CT molecular complexity index is 1300. The van der Waals surface area contributed by atoms with E-state index in [1.54, 1.807) is 14.2 Å². The van der Waals surface area contributed by atoms with Gasteiger partial charge in [-0.2, -0.15) is 5.26 Å². The number of fused-ring (bicyclic) bond motifs is 4. The summed E-state index contributed by atoms with van der Waals surface area (Å²) in [4.78, 5) is 3.23. The lowest BCUT2D eigenvalue weighted by atomic mass is 9.93. The highest BCUT2D eigenvalue weighted by Gasteiger charge is 2.28. The number of aromatic nitrogens is 2. The van der Waals surface area contributed by atoms with Crippen LogP contribution in [0.1, 0.15) is 16.8 Å². The lowest BCUT2D eigenvalue weighted by Gasteiger charge is -2.22. The molecule has 5 rings (SSSR count). The highest BCUT2D eigenvalue weighted by atomic mass is 16.5. The number of methoxy groups -OCH3 is 2. The first-order valence-corrected chi connectivity index (χ1v) is 9.62. The van der Waals surface area contributed by atoms with Crippen LogP contribution in [0.25, 0.3) is 33.3 Å². The van der Waals surface area contributed by atoms with Crippen molar-refractivity contribution in [3.63, 3.8) is 0 Å². The minimum Gasteiger partial charge on any atom is -0.493 e. The zero-order chi connectivity index (χ0) is 20.1. The van der Waals surface area contributed by atoms with E-state index >= 15 is 0 Å². The summed E-state index contributed by atoms with van der Waals surface area (Å²) in [6.07, 6.45) is 2.83. The minimum absolute atomic E-state index is 0.678. The van der Waals surface area contributed by atoms with Crippen molar-refractivity contribution in [3.8, 4) is 40.0 Å². The zero-order valence-corrected chi connectivity index (χ0v) is 16.7. The van der Waals surface area contributed by atoms with Crippen LogP contribution >= 0.6 is 0 Å². The van der Waals surface area contributed by atoms with Gasteiger partial charge in [0.1, 0.15) is 6.07 Å². The third-order valence-corrected chi connectivity index (χ3v) is 5.95. The van der Waals surface area contributed by atoms with Gasteiger partial charge in [-0.25, -0.2) is 0 Å². The zero-order valence-electron chi connectivity index (χ0n) is 16.7. The molecule has 0 radical (unpaired) electrons. The number of aryl methyl sites for hydroxylation is 1. The number of H-pyrrole nitrogens is 1. The molecule has 2 aromatic carbocycles. The lowest BCUT2D eigenvalue weighted by Crippen LogP contribution is -2.12. The molecule has 0 fully saturated rings. The van der Waals surface area contributed by atoms with Crippen molar-refractivity contribution in [3.05, 3.63) is 59.4 Å². The maximum atomic E-state index is 10.1. The van der Waals surface area contributed by atoms with Crippen molar-refractivity contribution < 1.29 is 9.47 Å². The molecule has 5 heteroatoms. The molecule has 0 atom stereocenters. The van der Waals surface area contributed by atoms with E-state index in [0.29, 0.717) is 11.3 Å². The Morgan fingerprint density at radius 2 is 1.86 bits per heavy atom. The van der Waals surface area contributed by atoms with Crippen LogP contribution in [0.5, 0.6) is 11.5 Å². The SMILES string of the molecule is COc1cc2c(cc1OC)-c1c(C#N)c(-c3ccc4[nH]ccc4c3)c(C)n1CC2. The van der Waals surface area contributed by atoms with Crippen LogP contribution in [-0.2, 0) is 13.0 Å². The van der Waals surface area contributed by atoms with E-state index < -0.39 is 0 Å². The van der Waals surface area contributed by atoms with Crippen LogP contribution in [0.4, 0.5) is 0 Å². The molecular weight excluding hydrogens is 362 g/mol. The third kappa shape index (κ3) is 2.46. The standard InChI is InChI=1S/C24H21N3O2/c1-14-23(17-4-5-20-16(10-17)6-8-26-20)19(13-25)24-18-12-22(29-3)21(28-2)11-15(18)7-9-27(14)24/h4-6,8,10-12,26H,7,9H2,1-3H3. The molecule has 0 saturated heterocycles. The first-order valence-electron chi connectivity index (χ1n) is 9.62. The molecule has 3 heterocycles. The summed E-state index contributed by atoms with van der Waals surface area (Å²) in [5, 5.41) is 11.3. The van der Waals surface area contributed by atoms with Crippen LogP contribution in [0.2, 0.25) is 0 Å². The number of hydrogen-bond donors (Lipinski definition) is 1. The van der Waals surface area contributed by atoms with Crippen molar-refractivity contribution in [1.29, 1.82) is 5.26 Å². The second kappa shape index (κ2) is 6.46. The number of benzene rings is 2. The van der Waals surface area contributed by atoms with E-state index in [2.05, 4.69) is 46.8 Å². The van der Waals surface area contributed by atoms with Gasteiger partial charge < -0.3 is 19.0 Å². The molecular formula is C24H21N3O2. The summed E-state index contributed by atoms with van der Waals surface area (Å²) < 4.78 is 13.3. The van der Waals surface area contributed by atoms with Crippen LogP contribution in [0.15, 0.2) is 42.6 Å². The van der Waals surface area contributed by atoms with Crippen molar-refractivity contribution in [2.45, 2.75) is 19.9 Å². The average molecular weight is 383 g/mol. The Balaban J connectivity index is 1.78. The molecule has 144 valence electrons. The molecule has 0 aliphatic carbocycles. The molecule has 4 aromatic rings. The van der Waals surface area contributed by atoms with Gasteiger partial charge in [0.2, 0.25) is 0 Å². The quantitative estimate of drug-likeness (QED) is 0.538. The van der Waals surface area contributed by atoms with Gasteiger partial charge in [0.05, 0.1) is 25.5 Å². The Hall–Kier alpha value is -3.65. The van der Waals surface area contributed by atoms with E-state index in [-0.39, 0.29) is 0 Å². The minimum atomic E-state index is 0.678. The number of hydrogen-bond acceptors (Lipinski definition) is 3. The molecule has 0 saturated carbocycles. The summed E-state index contributed by atoms with van der Waals surface area (Å²) in [6, 6.07) is 14.9. The Labute approximate surface area is 169 Å². The molecule has 2 aromatic heterocycles. The van der Waals surface area contributed by atoms with Crippen LogP contribution in [0, 0.1) is 18.3 Å². The molecule has 5 nitrogen and oxygen atoms in total. The average Bonchev–Trinajstić information content (AvgIpc) is 3.34. The topological polar surface area (TPSA) is 63.0 Å². The first kappa shape index (κ1) is 17.4. The van der Waals surface area contributed by atoms with Crippen LogP contribution in [-0.4, -0.2) is 23.8 Å². The van der Waals surface area contributed by atoms with Gasteiger partial charge in [0, 0.05) is 35.1 Å². The highest BCUT2D eigenvalue weighted by Crippen LogP contribution is 2.45. The van der Waals surface area contributed by atoms with Gasteiger partial charge in [-0.3, -0.25) is 0 Å². The van der Waals surface area contributed by atoms with Gasteiger partial charge in [0.15, 0.2) is 11.5 Å². The summed E-state index contributed by atoms with van der Waals surface area (Å²) in [7, 11) is 3.29. The molecule has 29 heavy (non-hydrogen) atoms. The summed E-state index contributed by atoms with van der Waals surface area (Å²) >= 11 is 0. The maximum absolute atomic E-state index is 10.1. The van der Waals surface area contributed by atoms with E-state index in [0.717, 1.165) is 57.7 Å². The third-order valence-electron chi connectivity index (χ3n) is 5.95. The predicted molar refractivity (Wildman–Crippen MR) is 113 cm³/mol. The number of aromatic amines is 1. The Morgan fingerprint density at radius 3 is 2.62 bits per heavy atom. The van der Waals surface area contributed by atoms with Crippen molar-refractivity contribution >= 4 is 10.9 Å². The van der Waals surface area contributed by atoms with E-state index in [9.17, 15) is 5.26 Å². The number of nitrogens with zero attached hydrogens (tertiary/aromatic N) is 2. The van der Waals surface area contributed by atoms with Crippen molar-refractivity contribution in [2.75, 3.05) is 14.2 Å². The van der Waals surface area contributed by atoms with Crippen molar-refractivity contribution in [2.24, 2.45) is 0 Å². The van der Waals surface area contributed by atoms with Gasteiger partial charge in [0.25, 0.3) is 0 Å². The Kier molecular flexibility index (Phi) is 3.88. The fourth-order valence-electron chi connectivity index (χ4n) is 4.55. The summed E-state index contributed by atoms with van der Waals surface area (Å²) in [5.74, 6) is 1.40. The van der Waals surface area contributed by atoms with Gasteiger partial charge in [-0.15, -0.1) is 0 Å².